The maximum atomic E-state index is 12.1. The van der Waals surface area contributed by atoms with E-state index >= 15 is 0 Å². The summed E-state index contributed by atoms with van der Waals surface area (Å²) in [7, 11) is 0. The lowest BCUT2D eigenvalue weighted by Gasteiger charge is -2.28. The minimum Gasteiger partial charge on any atom is -0.342 e. The highest BCUT2D eigenvalue weighted by molar-refractivity contribution is 5.81. The lowest BCUT2D eigenvalue weighted by atomic mass is 9.97. The van der Waals surface area contributed by atoms with Crippen LogP contribution in [0.4, 0.5) is 0 Å². The van der Waals surface area contributed by atoms with Crippen LogP contribution in [0.2, 0.25) is 0 Å². The van der Waals surface area contributed by atoms with Gasteiger partial charge in [-0.2, -0.15) is 0 Å². The maximum Gasteiger partial charge on any atom is 0.239 e. The van der Waals surface area contributed by atoms with Gasteiger partial charge in [-0.15, -0.1) is 0 Å². The molecule has 3 nitrogen and oxygen atoms in total. The zero-order valence-corrected chi connectivity index (χ0v) is 12.0. The molecule has 0 bridgehead atoms. The van der Waals surface area contributed by atoms with E-state index < -0.39 is 0 Å². The fraction of sp³-hybridized carbons (Fsp3) is 0.929. The first-order valence-electron chi connectivity index (χ1n) is 7.06. The van der Waals surface area contributed by atoms with Gasteiger partial charge in [-0.3, -0.25) is 4.79 Å². The van der Waals surface area contributed by atoms with Gasteiger partial charge in [0, 0.05) is 19.1 Å². The molecule has 4 unspecified atom stereocenters. The number of likely N-dealkylation sites (N-methyl/N-ethyl adjacent to an activating group) is 1. The van der Waals surface area contributed by atoms with Gasteiger partial charge in [0.25, 0.3) is 0 Å². The van der Waals surface area contributed by atoms with Crippen LogP contribution in [0, 0.1) is 11.8 Å². The zero-order valence-electron chi connectivity index (χ0n) is 12.0. The molecule has 0 spiro atoms. The van der Waals surface area contributed by atoms with Gasteiger partial charge in [-0.25, -0.2) is 0 Å². The largest absolute Gasteiger partial charge is 0.342 e. The second-order valence-electron chi connectivity index (χ2n) is 5.42. The van der Waals surface area contributed by atoms with Crippen LogP contribution in [-0.2, 0) is 4.79 Å². The van der Waals surface area contributed by atoms with Crippen molar-refractivity contribution in [3.63, 3.8) is 0 Å². The van der Waals surface area contributed by atoms with E-state index in [1.165, 1.54) is 12.8 Å². The van der Waals surface area contributed by atoms with Crippen molar-refractivity contribution in [3.8, 4) is 0 Å². The van der Waals surface area contributed by atoms with E-state index in [1.54, 1.807) is 0 Å². The summed E-state index contributed by atoms with van der Waals surface area (Å²) in [6.07, 6.45) is 2.49. The number of rotatable bonds is 5. The highest BCUT2D eigenvalue weighted by Gasteiger charge is 2.32. The molecule has 0 saturated heterocycles. The maximum absolute atomic E-state index is 12.1. The Hall–Kier alpha value is -0.570. The number of nitrogens with one attached hydrogen (secondary N) is 1. The standard InChI is InChI=1S/C14H28N2O/c1-6-16(7-2)14(17)12(5)15-13-9-8-10(3)11(13)4/h10-13,15H,6-9H2,1-5H3. The Bertz CT molecular complexity index is 251. The summed E-state index contributed by atoms with van der Waals surface area (Å²) in [4.78, 5) is 14.0. The molecule has 1 rings (SSSR count). The Balaban J connectivity index is 2.48. The number of hydrogen-bond acceptors (Lipinski definition) is 2. The molecule has 4 atom stereocenters. The third-order valence-corrected chi connectivity index (χ3v) is 4.37. The highest BCUT2D eigenvalue weighted by atomic mass is 16.2. The van der Waals surface area contributed by atoms with Gasteiger partial charge in [-0.05, 0) is 45.4 Å². The molecule has 0 aromatic heterocycles. The molecule has 0 aliphatic heterocycles. The Kier molecular flexibility index (Phi) is 5.44. The van der Waals surface area contributed by atoms with Crippen molar-refractivity contribution < 1.29 is 4.79 Å². The fourth-order valence-corrected chi connectivity index (χ4v) is 2.80. The first kappa shape index (κ1) is 14.5. The summed E-state index contributed by atoms with van der Waals surface area (Å²) in [5, 5.41) is 3.52. The van der Waals surface area contributed by atoms with Crippen molar-refractivity contribution in [2.75, 3.05) is 13.1 Å². The lowest BCUT2D eigenvalue weighted by Crippen LogP contribution is -2.49. The second-order valence-corrected chi connectivity index (χ2v) is 5.42. The first-order valence-corrected chi connectivity index (χ1v) is 7.06. The van der Waals surface area contributed by atoms with E-state index in [9.17, 15) is 4.79 Å². The summed E-state index contributed by atoms with van der Waals surface area (Å²) >= 11 is 0. The van der Waals surface area contributed by atoms with Gasteiger partial charge >= 0.3 is 0 Å². The molecule has 0 heterocycles. The molecule has 1 amide bonds. The molecular formula is C14H28N2O. The molecule has 100 valence electrons. The van der Waals surface area contributed by atoms with Gasteiger partial charge in [0.2, 0.25) is 5.91 Å². The fourth-order valence-electron chi connectivity index (χ4n) is 2.80. The topological polar surface area (TPSA) is 32.3 Å². The smallest absolute Gasteiger partial charge is 0.239 e. The normalized spacial score (nSPS) is 30.3. The number of carbonyl (C=O) groups excluding carboxylic acids is 1. The molecule has 1 aliphatic rings. The Morgan fingerprint density at radius 1 is 1.29 bits per heavy atom. The zero-order chi connectivity index (χ0) is 13.0. The van der Waals surface area contributed by atoms with Crippen LogP contribution in [0.25, 0.3) is 0 Å². The third-order valence-electron chi connectivity index (χ3n) is 4.37. The molecule has 1 N–H and O–H groups in total. The molecule has 1 saturated carbocycles. The number of hydrogen-bond donors (Lipinski definition) is 1. The van der Waals surface area contributed by atoms with Crippen molar-refractivity contribution in [3.05, 3.63) is 0 Å². The molecule has 1 aliphatic carbocycles. The van der Waals surface area contributed by atoms with Crippen molar-refractivity contribution in [2.45, 2.75) is 59.5 Å². The number of amides is 1. The monoisotopic (exact) mass is 240 g/mol. The van der Waals surface area contributed by atoms with Crippen LogP contribution < -0.4 is 5.32 Å². The Morgan fingerprint density at radius 3 is 2.29 bits per heavy atom. The lowest BCUT2D eigenvalue weighted by molar-refractivity contribution is -0.132. The van der Waals surface area contributed by atoms with E-state index in [1.807, 2.05) is 25.7 Å². The van der Waals surface area contributed by atoms with Gasteiger partial charge in [0.15, 0.2) is 0 Å². The van der Waals surface area contributed by atoms with Gasteiger partial charge in [-0.1, -0.05) is 13.8 Å². The average Bonchev–Trinajstić information content (AvgIpc) is 2.62. The SMILES string of the molecule is CCN(CC)C(=O)C(C)NC1CCC(C)C1C. The van der Waals surface area contributed by atoms with Crippen LogP contribution in [-0.4, -0.2) is 36.0 Å². The van der Waals surface area contributed by atoms with Crippen LogP contribution in [0.1, 0.15) is 47.5 Å². The van der Waals surface area contributed by atoms with Crippen molar-refractivity contribution in [2.24, 2.45) is 11.8 Å². The van der Waals surface area contributed by atoms with Crippen LogP contribution in [0.3, 0.4) is 0 Å². The van der Waals surface area contributed by atoms with Crippen LogP contribution in [0.5, 0.6) is 0 Å². The minimum atomic E-state index is -0.0485. The van der Waals surface area contributed by atoms with Gasteiger partial charge < -0.3 is 10.2 Å². The molecule has 0 radical (unpaired) electrons. The Labute approximate surface area is 106 Å². The van der Waals surface area contributed by atoms with Gasteiger partial charge in [0.05, 0.1) is 6.04 Å². The summed E-state index contributed by atoms with van der Waals surface area (Å²) in [6.45, 7) is 12.3. The van der Waals surface area contributed by atoms with E-state index in [2.05, 4.69) is 19.2 Å². The van der Waals surface area contributed by atoms with E-state index in [-0.39, 0.29) is 11.9 Å². The first-order chi connectivity index (χ1) is 8.01. The second kappa shape index (κ2) is 6.39. The van der Waals surface area contributed by atoms with Crippen LogP contribution in [0.15, 0.2) is 0 Å². The summed E-state index contributed by atoms with van der Waals surface area (Å²) < 4.78 is 0. The van der Waals surface area contributed by atoms with E-state index in [0.29, 0.717) is 12.0 Å². The molecule has 3 heteroatoms. The molecule has 1 fully saturated rings. The van der Waals surface area contributed by atoms with Crippen molar-refractivity contribution in [1.29, 1.82) is 0 Å². The predicted molar refractivity (Wildman–Crippen MR) is 71.9 cm³/mol. The van der Waals surface area contributed by atoms with E-state index in [0.717, 1.165) is 19.0 Å². The molecule has 0 aromatic rings. The van der Waals surface area contributed by atoms with Crippen molar-refractivity contribution >= 4 is 5.91 Å². The third kappa shape index (κ3) is 3.44. The predicted octanol–water partition coefficient (Wildman–Crippen LogP) is 2.27. The average molecular weight is 240 g/mol. The molecule has 0 aromatic carbocycles. The minimum absolute atomic E-state index is 0.0485. The quantitative estimate of drug-likeness (QED) is 0.799. The van der Waals surface area contributed by atoms with Crippen molar-refractivity contribution in [1.82, 2.24) is 10.2 Å². The van der Waals surface area contributed by atoms with Gasteiger partial charge in [0.1, 0.15) is 0 Å². The number of nitrogens with zero attached hydrogens (tertiary/aromatic N) is 1. The van der Waals surface area contributed by atoms with Crippen LogP contribution >= 0.6 is 0 Å². The highest BCUT2D eigenvalue weighted by Crippen LogP contribution is 2.31. The molecular weight excluding hydrogens is 212 g/mol. The summed E-state index contributed by atoms with van der Waals surface area (Å²) in [5.41, 5.74) is 0. The Morgan fingerprint density at radius 2 is 1.88 bits per heavy atom. The summed E-state index contributed by atoms with van der Waals surface area (Å²) in [6, 6.07) is 0.465. The molecule has 17 heavy (non-hydrogen) atoms. The van der Waals surface area contributed by atoms with E-state index in [4.69, 9.17) is 0 Å². The summed E-state index contributed by atoms with van der Waals surface area (Å²) in [5.74, 6) is 1.70. The number of carbonyl (C=O) groups is 1.